The molecule has 0 aliphatic carbocycles. The maximum atomic E-state index is 14.4. The lowest BCUT2D eigenvalue weighted by Gasteiger charge is -2.28. The number of aromatic nitrogens is 9. The third-order valence-electron chi connectivity index (χ3n) is 13.5. The number of methoxy groups -OCH3 is 2. The van der Waals surface area contributed by atoms with Crippen LogP contribution in [0.25, 0.3) is 38.9 Å². The molecule has 22 nitrogen and oxygen atoms in total. The Hall–Kier alpha value is -8.76. The number of imidazole rings is 2. The van der Waals surface area contributed by atoms with Crippen molar-refractivity contribution in [1.29, 1.82) is 0 Å². The van der Waals surface area contributed by atoms with E-state index in [1.807, 2.05) is 92.3 Å². The van der Waals surface area contributed by atoms with E-state index >= 15 is 0 Å². The Balaban J connectivity index is 1.26. The lowest BCUT2D eigenvalue weighted by molar-refractivity contribution is -0.0794. The first-order chi connectivity index (χ1) is 37.1. The van der Waals surface area contributed by atoms with Gasteiger partial charge in [0.1, 0.15) is 70.7 Å². The zero-order valence-corrected chi connectivity index (χ0v) is 44.5. The standard InChI is InChI=1S/C55H62N12O10/c1-10-65-41(22-31(5)60-65)52(70)58-54-62(7)39-23-35(50(56)68)25-42(76-29-33-14-18-37(72-8)19-15-33)47(39)63(54)27-44(74-12-3)45(75-13-4)28-64-48-40(67-46-32(6)61-66(11-2)49(46)53(71)59-55(64)67)24-36(51(57)69)26-43(48)77-30-34-16-20-38(73-9)21-17-34/h14-26,44-45H,10-13,27-30H2,1-9H3,(H2,56,68)(H2,57,69)/t44-,45-/m1/s1. The molecule has 77 heavy (non-hydrogen) atoms. The van der Waals surface area contributed by atoms with Crippen LogP contribution >= 0.6 is 0 Å². The second kappa shape index (κ2) is 22.2. The molecule has 2 atom stereocenters. The van der Waals surface area contributed by atoms with Crippen LogP contribution in [0.4, 0.5) is 0 Å². The van der Waals surface area contributed by atoms with Gasteiger partial charge in [0, 0.05) is 44.5 Å². The number of primary amides is 2. The van der Waals surface area contributed by atoms with E-state index < -0.39 is 35.5 Å². The summed E-state index contributed by atoms with van der Waals surface area (Å²) >= 11 is 0. The number of hydrogen-bond donors (Lipinski definition) is 2. The molecule has 22 heteroatoms. The van der Waals surface area contributed by atoms with Gasteiger partial charge >= 0.3 is 5.56 Å². The number of amides is 3. The van der Waals surface area contributed by atoms with Crippen molar-refractivity contribution in [2.24, 2.45) is 23.5 Å². The molecule has 0 bridgehead atoms. The Labute approximate surface area is 441 Å². The molecular formula is C55H62N12O10. The molecule has 0 aliphatic heterocycles. The van der Waals surface area contributed by atoms with Crippen molar-refractivity contribution in [3.05, 3.63) is 134 Å². The third-order valence-corrected chi connectivity index (χ3v) is 13.5. The van der Waals surface area contributed by atoms with E-state index in [-0.39, 0.29) is 84.7 Å². The van der Waals surface area contributed by atoms with E-state index in [0.717, 1.165) is 11.1 Å². The predicted molar refractivity (Wildman–Crippen MR) is 287 cm³/mol. The number of hydrogen-bond acceptors (Lipinski definition) is 13. The van der Waals surface area contributed by atoms with Crippen LogP contribution in [0.3, 0.4) is 0 Å². The number of aryl methyl sites for hydroxylation is 5. The topological polar surface area (TPSA) is 256 Å². The number of carbonyl (C=O) groups excluding carboxylic acids is 3. The summed E-state index contributed by atoms with van der Waals surface area (Å²) in [6, 6.07) is 22.9. The number of ether oxygens (including phenoxy) is 6. The van der Waals surface area contributed by atoms with Crippen LogP contribution in [-0.4, -0.2) is 100 Å². The molecule has 9 rings (SSSR count). The summed E-state index contributed by atoms with van der Waals surface area (Å²) in [5.74, 6) is 0.132. The van der Waals surface area contributed by atoms with Gasteiger partial charge in [-0.1, -0.05) is 24.3 Å². The Morgan fingerprint density at radius 1 is 0.649 bits per heavy atom. The minimum absolute atomic E-state index is 0.00241. The van der Waals surface area contributed by atoms with Crippen molar-refractivity contribution in [2.75, 3.05) is 27.4 Å². The number of carbonyl (C=O) groups is 3. The molecule has 4 aromatic carbocycles. The Bertz CT molecular complexity index is 3840. The highest BCUT2D eigenvalue weighted by Crippen LogP contribution is 2.36. The van der Waals surface area contributed by atoms with Crippen LogP contribution in [0, 0.1) is 13.8 Å². The summed E-state index contributed by atoms with van der Waals surface area (Å²) in [6.07, 6.45) is -1.69. The van der Waals surface area contributed by atoms with Crippen LogP contribution in [-0.2, 0) is 55.9 Å². The van der Waals surface area contributed by atoms with Gasteiger partial charge in [-0.25, -0.2) is 0 Å². The number of fused-ring (bicyclic) bond motifs is 6. The van der Waals surface area contributed by atoms with Gasteiger partial charge < -0.3 is 53.6 Å². The highest BCUT2D eigenvalue weighted by atomic mass is 16.5. The molecule has 5 aromatic heterocycles. The van der Waals surface area contributed by atoms with Gasteiger partial charge in [0.05, 0.1) is 49.7 Å². The monoisotopic (exact) mass is 1050 g/mol. The second-order valence-corrected chi connectivity index (χ2v) is 18.3. The van der Waals surface area contributed by atoms with Crippen molar-refractivity contribution in [1.82, 2.24) is 42.6 Å². The molecule has 3 amide bonds. The summed E-state index contributed by atoms with van der Waals surface area (Å²) in [7, 11) is 4.91. The van der Waals surface area contributed by atoms with Gasteiger partial charge in [0.25, 0.3) is 5.91 Å². The molecule has 4 N–H and O–H groups in total. The summed E-state index contributed by atoms with van der Waals surface area (Å²) in [5.41, 5.74) is 17.7. The van der Waals surface area contributed by atoms with Gasteiger partial charge in [-0.15, -0.1) is 0 Å². The molecule has 5 heterocycles. The molecule has 0 aliphatic rings. The first kappa shape index (κ1) is 53.1. The molecule has 9 aromatic rings. The Kier molecular flexibility index (Phi) is 15.3. The summed E-state index contributed by atoms with van der Waals surface area (Å²) in [5, 5.41) is 9.23. The van der Waals surface area contributed by atoms with Crippen LogP contribution in [0.15, 0.2) is 88.6 Å². The van der Waals surface area contributed by atoms with Crippen molar-refractivity contribution in [3.63, 3.8) is 0 Å². The van der Waals surface area contributed by atoms with Crippen LogP contribution < -0.4 is 41.6 Å². The molecule has 0 radical (unpaired) electrons. The third kappa shape index (κ3) is 10.2. The molecule has 0 spiro atoms. The molecule has 0 unspecified atom stereocenters. The molecular weight excluding hydrogens is 989 g/mol. The van der Waals surface area contributed by atoms with E-state index in [4.69, 9.17) is 55.0 Å². The maximum Gasteiger partial charge on any atom is 0.300 e. The van der Waals surface area contributed by atoms with Crippen molar-refractivity contribution < 1.29 is 42.8 Å². The number of rotatable bonds is 22. The predicted octanol–water partition coefficient (Wildman–Crippen LogP) is 5.77. The smallest absolute Gasteiger partial charge is 0.300 e. The lowest BCUT2D eigenvalue weighted by atomic mass is 10.1. The number of nitrogens with two attached hydrogens (primary N) is 2. The minimum Gasteiger partial charge on any atom is -0.497 e. The van der Waals surface area contributed by atoms with Gasteiger partial charge in [-0.2, -0.15) is 20.2 Å². The molecule has 0 saturated heterocycles. The first-order valence-electron chi connectivity index (χ1n) is 25.3. The first-order valence-corrected chi connectivity index (χ1v) is 25.3. The van der Waals surface area contributed by atoms with Gasteiger partial charge in [-0.3, -0.25) is 32.9 Å². The quantitative estimate of drug-likeness (QED) is 0.0819. The van der Waals surface area contributed by atoms with E-state index in [2.05, 4.69) is 5.10 Å². The fraction of sp³-hybridized carbons (Fsp3) is 0.345. The number of benzene rings is 4. The summed E-state index contributed by atoms with van der Waals surface area (Å²) in [6.45, 7) is 12.5. The second-order valence-electron chi connectivity index (χ2n) is 18.3. The van der Waals surface area contributed by atoms with Crippen molar-refractivity contribution in [3.8, 4) is 23.0 Å². The van der Waals surface area contributed by atoms with Gasteiger partial charge in [0.2, 0.25) is 23.2 Å². The summed E-state index contributed by atoms with van der Waals surface area (Å²) < 4.78 is 47.8. The maximum absolute atomic E-state index is 14.4. The summed E-state index contributed by atoms with van der Waals surface area (Å²) in [4.78, 5) is 64.5. The zero-order chi connectivity index (χ0) is 54.8. The van der Waals surface area contributed by atoms with E-state index in [1.165, 1.54) is 0 Å². The highest BCUT2D eigenvalue weighted by Gasteiger charge is 2.32. The average Bonchev–Trinajstić information content (AvgIpc) is 4.35. The molecule has 0 fully saturated rings. The lowest BCUT2D eigenvalue weighted by Crippen LogP contribution is -2.41. The molecule has 0 saturated carbocycles. The normalized spacial score (nSPS) is 12.8. The fourth-order valence-corrected chi connectivity index (χ4v) is 9.83. The largest absolute Gasteiger partial charge is 0.497 e. The highest BCUT2D eigenvalue weighted by molar-refractivity contribution is 6.01. The Morgan fingerprint density at radius 2 is 1.17 bits per heavy atom. The Morgan fingerprint density at radius 3 is 1.68 bits per heavy atom. The van der Waals surface area contributed by atoms with E-state index in [9.17, 15) is 19.2 Å². The van der Waals surface area contributed by atoms with Crippen LogP contribution in [0.5, 0.6) is 23.0 Å². The van der Waals surface area contributed by atoms with Gasteiger partial charge in [0.15, 0.2) is 5.52 Å². The van der Waals surface area contributed by atoms with Crippen molar-refractivity contribution >= 4 is 56.6 Å². The van der Waals surface area contributed by atoms with Crippen LogP contribution in [0.2, 0.25) is 0 Å². The van der Waals surface area contributed by atoms with E-state index in [1.54, 1.807) is 76.9 Å². The van der Waals surface area contributed by atoms with E-state index in [0.29, 0.717) is 63.6 Å². The fourth-order valence-electron chi connectivity index (χ4n) is 9.83. The SMILES string of the molecule is CCO[C@H](Cn1c(=NC(=O)c2cc(C)nn2CC)n(C)c2cc(C(N)=O)cc(OCc3ccc(OC)cc3)c21)[C@@H](Cn1c2c(OCc3ccc(OC)cc3)cc(C(N)=O)cc2n2c3c(C)nn(CC)c3c(=O)nc12)OCC. The average molecular weight is 1050 g/mol. The molecule has 402 valence electrons. The zero-order valence-electron chi connectivity index (χ0n) is 44.5. The van der Waals surface area contributed by atoms with Crippen molar-refractivity contribution in [2.45, 2.75) is 93.1 Å². The van der Waals surface area contributed by atoms with Gasteiger partial charge in [-0.05, 0) is 107 Å². The minimum atomic E-state index is -0.848. The van der Waals surface area contributed by atoms with Crippen LogP contribution in [0.1, 0.15) is 81.4 Å². The number of nitrogens with zero attached hydrogens (tertiary/aromatic N) is 10.